The fraction of sp³-hybridized carbons (Fsp3) is 0.400. The van der Waals surface area contributed by atoms with Gasteiger partial charge in [0, 0.05) is 42.5 Å². The van der Waals surface area contributed by atoms with Crippen LogP contribution in [0.1, 0.15) is 44.1 Å². The van der Waals surface area contributed by atoms with E-state index >= 15 is 0 Å². The molecule has 1 saturated heterocycles. The molecule has 0 radical (unpaired) electrons. The summed E-state index contributed by atoms with van der Waals surface area (Å²) >= 11 is 3.43. The molecule has 0 bridgehead atoms. The van der Waals surface area contributed by atoms with Gasteiger partial charge in [-0.05, 0) is 61.7 Å². The lowest BCUT2D eigenvalue weighted by molar-refractivity contribution is -0.129. The molecule has 0 aromatic carbocycles. The first kappa shape index (κ1) is 19.5. The normalized spacial score (nSPS) is 19.6. The highest BCUT2D eigenvalue weighted by atomic mass is 79.9. The van der Waals surface area contributed by atoms with Gasteiger partial charge in [-0.25, -0.2) is 4.98 Å². The predicted octanol–water partition coefficient (Wildman–Crippen LogP) is 3.47. The first-order valence-corrected chi connectivity index (χ1v) is 9.82. The topological polar surface area (TPSA) is 75.2 Å². The number of pyridine rings is 2. The fourth-order valence-electron chi connectivity index (χ4n) is 3.36. The Labute approximate surface area is 167 Å². The number of aromatic nitrogens is 2. The molecule has 2 atom stereocenters. The molecule has 0 saturated carbocycles. The van der Waals surface area contributed by atoms with Gasteiger partial charge in [-0.3, -0.25) is 14.6 Å². The van der Waals surface area contributed by atoms with Crippen molar-refractivity contribution in [1.29, 1.82) is 0 Å². The van der Waals surface area contributed by atoms with Gasteiger partial charge < -0.3 is 10.2 Å². The van der Waals surface area contributed by atoms with Gasteiger partial charge in [0.15, 0.2) is 0 Å². The van der Waals surface area contributed by atoms with Crippen molar-refractivity contribution in [2.75, 3.05) is 6.54 Å². The van der Waals surface area contributed by atoms with E-state index in [9.17, 15) is 9.59 Å². The van der Waals surface area contributed by atoms with Crippen molar-refractivity contribution < 1.29 is 9.59 Å². The molecule has 2 aromatic heterocycles. The van der Waals surface area contributed by atoms with E-state index < -0.39 is 0 Å². The quantitative estimate of drug-likeness (QED) is 0.756. The largest absolute Gasteiger partial charge is 0.346 e. The standard InChI is InChI=1S/C20H23BrN4O2/c1-12(2)9-18(26)25-8-4-5-16(13(25)3)24-20(27)17-7-6-14-10-22-11-15(21)19(14)23-17/h6-7,9-11,13,16H,4-5,8H2,1-3H3,(H,24,27)/t13-,16-/m1/s1. The van der Waals surface area contributed by atoms with E-state index in [1.807, 2.05) is 31.7 Å². The summed E-state index contributed by atoms with van der Waals surface area (Å²) in [5.41, 5.74) is 2.03. The summed E-state index contributed by atoms with van der Waals surface area (Å²) in [7, 11) is 0. The molecule has 2 aromatic rings. The van der Waals surface area contributed by atoms with Gasteiger partial charge in [-0.1, -0.05) is 5.57 Å². The van der Waals surface area contributed by atoms with Crippen LogP contribution in [-0.4, -0.2) is 45.3 Å². The molecule has 7 heteroatoms. The molecule has 1 N–H and O–H groups in total. The summed E-state index contributed by atoms with van der Waals surface area (Å²) in [6.45, 7) is 6.51. The molecule has 6 nitrogen and oxygen atoms in total. The van der Waals surface area contributed by atoms with Crippen molar-refractivity contribution in [2.24, 2.45) is 0 Å². The minimum absolute atomic E-state index is 0.00158. The van der Waals surface area contributed by atoms with Crippen molar-refractivity contribution in [2.45, 2.75) is 45.7 Å². The zero-order valence-electron chi connectivity index (χ0n) is 15.7. The second-order valence-corrected chi connectivity index (χ2v) is 7.96. The Bertz CT molecular complexity index is 908. The van der Waals surface area contributed by atoms with Gasteiger partial charge in [0.05, 0.1) is 9.99 Å². The van der Waals surface area contributed by atoms with E-state index in [0.29, 0.717) is 17.8 Å². The van der Waals surface area contributed by atoms with E-state index in [4.69, 9.17) is 0 Å². The highest BCUT2D eigenvalue weighted by molar-refractivity contribution is 9.10. The van der Waals surface area contributed by atoms with Gasteiger partial charge in [-0.15, -0.1) is 0 Å². The SMILES string of the molecule is CC(C)=CC(=O)N1CCC[C@@H](NC(=O)c2ccc3cncc(Br)c3n2)[C@H]1C. The van der Waals surface area contributed by atoms with Crippen molar-refractivity contribution in [1.82, 2.24) is 20.2 Å². The monoisotopic (exact) mass is 430 g/mol. The lowest BCUT2D eigenvalue weighted by Gasteiger charge is -2.39. The third-order valence-electron chi connectivity index (χ3n) is 4.79. The number of halogens is 1. The minimum atomic E-state index is -0.228. The molecule has 1 fully saturated rings. The number of allylic oxidation sites excluding steroid dienone is 1. The molecular weight excluding hydrogens is 408 g/mol. The Morgan fingerprint density at radius 1 is 1.30 bits per heavy atom. The van der Waals surface area contributed by atoms with Gasteiger partial charge in [0.2, 0.25) is 5.91 Å². The smallest absolute Gasteiger partial charge is 0.270 e. The van der Waals surface area contributed by atoms with Crippen LogP contribution in [-0.2, 0) is 4.79 Å². The van der Waals surface area contributed by atoms with Crippen LogP contribution in [0.3, 0.4) is 0 Å². The fourth-order valence-corrected chi connectivity index (χ4v) is 3.79. The number of amides is 2. The van der Waals surface area contributed by atoms with E-state index in [0.717, 1.165) is 28.3 Å². The number of likely N-dealkylation sites (tertiary alicyclic amines) is 1. The Morgan fingerprint density at radius 3 is 2.81 bits per heavy atom. The number of rotatable bonds is 3. The molecule has 0 unspecified atom stereocenters. The third-order valence-corrected chi connectivity index (χ3v) is 5.37. The number of hydrogen-bond acceptors (Lipinski definition) is 4. The lowest BCUT2D eigenvalue weighted by atomic mass is 9.97. The number of carbonyl (C=O) groups is 2. The van der Waals surface area contributed by atoms with Gasteiger partial charge in [-0.2, -0.15) is 0 Å². The summed E-state index contributed by atoms with van der Waals surface area (Å²) in [5, 5.41) is 3.93. The molecular formula is C20H23BrN4O2. The van der Waals surface area contributed by atoms with Gasteiger partial charge in [0.1, 0.15) is 5.69 Å². The number of nitrogens with one attached hydrogen (secondary N) is 1. The Kier molecular flexibility index (Phi) is 5.89. The predicted molar refractivity (Wildman–Crippen MR) is 108 cm³/mol. The van der Waals surface area contributed by atoms with E-state index in [-0.39, 0.29) is 23.9 Å². The van der Waals surface area contributed by atoms with Crippen LogP contribution in [0.5, 0.6) is 0 Å². The van der Waals surface area contributed by atoms with Crippen molar-refractivity contribution in [3.8, 4) is 0 Å². The molecule has 3 rings (SSSR count). The maximum absolute atomic E-state index is 12.7. The van der Waals surface area contributed by atoms with Crippen LogP contribution >= 0.6 is 15.9 Å². The number of piperidine rings is 1. The average molecular weight is 431 g/mol. The zero-order chi connectivity index (χ0) is 19.6. The van der Waals surface area contributed by atoms with E-state index in [1.165, 1.54) is 0 Å². The Hall–Kier alpha value is -2.28. The number of nitrogens with zero attached hydrogens (tertiary/aromatic N) is 3. The number of carbonyl (C=O) groups excluding carboxylic acids is 2. The number of fused-ring (bicyclic) bond motifs is 1. The van der Waals surface area contributed by atoms with Crippen LogP contribution in [0.15, 0.2) is 40.6 Å². The first-order chi connectivity index (χ1) is 12.9. The third kappa shape index (κ3) is 4.35. The second kappa shape index (κ2) is 8.17. The molecule has 27 heavy (non-hydrogen) atoms. The molecule has 142 valence electrons. The second-order valence-electron chi connectivity index (χ2n) is 7.11. The minimum Gasteiger partial charge on any atom is -0.346 e. The van der Waals surface area contributed by atoms with Crippen molar-refractivity contribution in [3.63, 3.8) is 0 Å². The summed E-state index contributed by atoms with van der Waals surface area (Å²) in [5.74, 6) is -0.226. The van der Waals surface area contributed by atoms with Gasteiger partial charge >= 0.3 is 0 Å². The van der Waals surface area contributed by atoms with E-state index in [1.54, 1.807) is 24.5 Å². The molecule has 1 aliphatic rings. The number of hydrogen-bond donors (Lipinski definition) is 1. The zero-order valence-corrected chi connectivity index (χ0v) is 17.3. The van der Waals surface area contributed by atoms with Crippen LogP contribution in [0.2, 0.25) is 0 Å². The van der Waals surface area contributed by atoms with Crippen molar-refractivity contribution >= 4 is 38.6 Å². The molecule has 1 aliphatic heterocycles. The molecule has 0 aliphatic carbocycles. The van der Waals surface area contributed by atoms with Crippen molar-refractivity contribution in [3.05, 3.63) is 46.3 Å². The summed E-state index contributed by atoms with van der Waals surface area (Å²) < 4.78 is 0.749. The van der Waals surface area contributed by atoms with Crippen LogP contribution in [0.4, 0.5) is 0 Å². The first-order valence-electron chi connectivity index (χ1n) is 9.03. The van der Waals surface area contributed by atoms with Crippen LogP contribution in [0, 0.1) is 0 Å². The molecule has 3 heterocycles. The highest BCUT2D eigenvalue weighted by Gasteiger charge is 2.31. The van der Waals surface area contributed by atoms with Crippen LogP contribution < -0.4 is 5.32 Å². The lowest BCUT2D eigenvalue weighted by Crippen LogP contribution is -2.55. The highest BCUT2D eigenvalue weighted by Crippen LogP contribution is 2.22. The van der Waals surface area contributed by atoms with E-state index in [2.05, 4.69) is 31.2 Å². The maximum Gasteiger partial charge on any atom is 0.270 e. The Morgan fingerprint density at radius 2 is 2.07 bits per heavy atom. The Balaban J connectivity index is 1.76. The summed E-state index contributed by atoms with van der Waals surface area (Å²) in [6, 6.07) is 3.37. The molecule has 0 spiro atoms. The van der Waals surface area contributed by atoms with Crippen LogP contribution in [0.25, 0.3) is 10.9 Å². The maximum atomic E-state index is 12.7. The van der Waals surface area contributed by atoms with Gasteiger partial charge in [0.25, 0.3) is 5.91 Å². The summed E-state index contributed by atoms with van der Waals surface area (Å²) in [6.07, 6.45) is 6.72. The molecule has 2 amide bonds. The average Bonchev–Trinajstić information content (AvgIpc) is 2.63. The summed E-state index contributed by atoms with van der Waals surface area (Å²) in [4.78, 5) is 35.6.